The standard InChI is InChI=1S/C9H13N5O4/c10-13-12-6-3-5(4-15)18-8(6)14-2-1-7(16)11-9(14)17/h1-2,5-6,8,15H,3-4H2,(H2,10,12)(H,11,16,17)/t5-,6+,8+/m0/s1. The van der Waals surface area contributed by atoms with Crippen molar-refractivity contribution in [2.75, 3.05) is 6.61 Å². The molecule has 0 spiro atoms. The van der Waals surface area contributed by atoms with Crippen LogP contribution in [0, 0.1) is 0 Å². The summed E-state index contributed by atoms with van der Waals surface area (Å²) >= 11 is 0. The lowest BCUT2D eigenvalue weighted by Crippen LogP contribution is -2.34. The van der Waals surface area contributed by atoms with E-state index < -0.39 is 29.6 Å². The average Bonchev–Trinajstić information content (AvgIpc) is 2.73. The molecule has 3 atom stereocenters. The number of rotatable bonds is 3. The summed E-state index contributed by atoms with van der Waals surface area (Å²) in [6.45, 7) is -0.189. The van der Waals surface area contributed by atoms with Crippen LogP contribution < -0.4 is 17.1 Å². The van der Waals surface area contributed by atoms with Crippen molar-refractivity contribution >= 4 is 0 Å². The van der Waals surface area contributed by atoms with Crippen molar-refractivity contribution in [1.29, 1.82) is 0 Å². The summed E-state index contributed by atoms with van der Waals surface area (Å²) in [7, 11) is 0. The Balaban J connectivity index is 2.35. The smallest absolute Gasteiger partial charge is 0.330 e. The molecule has 2 rings (SSSR count). The third-order valence-corrected chi connectivity index (χ3v) is 2.71. The highest BCUT2D eigenvalue weighted by Crippen LogP contribution is 2.29. The first-order valence-electron chi connectivity index (χ1n) is 5.33. The van der Waals surface area contributed by atoms with E-state index in [1.165, 1.54) is 16.8 Å². The number of nitrogens with zero attached hydrogens (tertiary/aromatic N) is 3. The lowest BCUT2D eigenvalue weighted by Gasteiger charge is -2.16. The van der Waals surface area contributed by atoms with E-state index in [0.29, 0.717) is 6.42 Å². The number of aliphatic hydroxyl groups is 1. The van der Waals surface area contributed by atoms with Gasteiger partial charge in [0, 0.05) is 18.7 Å². The van der Waals surface area contributed by atoms with Gasteiger partial charge in [-0.2, -0.15) is 5.11 Å². The van der Waals surface area contributed by atoms with Crippen LogP contribution in [0.25, 0.3) is 0 Å². The molecule has 0 amide bonds. The van der Waals surface area contributed by atoms with E-state index in [9.17, 15) is 9.59 Å². The van der Waals surface area contributed by atoms with Gasteiger partial charge in [-0.1, -0.05) is 5.22 Å². The first-order chi connectivity index (χ1) is 8.65. The van der Waals surface area contributed by atoms with E-state index in [0.717, 1.165) is 0 Å². The van der Waals surface area contributed by atoms with Crippen LogP contribution in [-0.4, -0.2) is 33.4 Å². The molecule has 18 heavy (non-hydrogen) atoms. The van der Waals surface area contributed by atoms with E-state index >= 15 is 0 Å². The summed E-state index contributed by atoms with van der Waals surface area (Å²) in [6.07, 6.45) is 0.529. The van der Waals surface area contributed by atoms with Gasteiger partial charge >= 0.3 is 5.69 Å². The van der Waals surface area contributed by atoms with Crippen LogP contribution >= 0.6 is 0 Å². The van der Waals surface area contributed by atoms with Crippen LogP contribution in [0.15, 0.2) is 32.2 Å². The largest absolute Gasteiger partial charge is 0.394 e. The summed E-state index contributed by atoms with van der Waals surface area (Å²) in [5, 5.41) is 16.0. The Hall–Kier alpha value is -2.00. The molecule has 0 radical (unpaired) electrons. The average molecular weight is 255 g/mol. The Morgan fingerprint density at radius 3 is 3.00 bits per heavy atom. The summed E-state index contributed by atoms with van der Waals surface area (Å²) in [5.74, 6) is 4.99. The number of aliphatic hydroxyl groups excluding tert-OH is 1. The van der Waals surface area contributed by atoms with E-state index in [1.807, 2.05) is 0 Å². The van der Waals surface area contributed by atoms with Crippen LogP contribution in [0.3, 0.4) is 0 Å². The van der Waals surface area contributed by atoms with Crippen LogP contribution in [0.1, 0.15) is 12.6 Å². The molecule has 1 fully saturated rings. The summed E-state index contributed by atoms with van der Waals surface area (Å²) in [6, 6.07) is 0.726. The fourth-order valence-corrected chi connectivity index (χ4v) is 1.92. The van der Waals surface area contributed by atoms with Crippen molar-refractivity contribution in [2.45, 2.75) is 24.8 Å². The predicted octanol–water partition coefficient (Wildman–Crippen LogP) is -1.49. The molecule has 1 aromatic heterocycles. The van der Waals surface area contributed by atoms with Crippen LogP contribution in [0.4, 0.5) is 0 Å². The number of hydrogen-bond donors (Lipinski definition) is 3. The summed E-state index contributed by atoms with van der Waals surface area (Å²) < 4.78 is 6.66. The van der Waals surface area contributed by atoms with Crippen molar-refractivity contribution in [3.63, 3.8) is 0 Å². The van der Waals surface area contributed by atoms with Crippen molar-refractivity contribution in [1.82, 2.24) is 9.55 Å². The Kier molecular flexibility index (Phi) is 3.53. The molecule has 1 aromatic rings. The van der Waals surface area contributed by atoms with Gasteiger partial charge in [0.2, 0.25) is 0 Å². The maximum atomic E-state index is 11.6. The lowest BCUT2D eigenvalue weighted by molar-refractivity contribution is -0.0282. The molecule has 9 heteroatoms. The minimum absolute atomic E-state index is 0.189. The zero-order valence-corrected chi connectivity index (χ0v) is 9.39. The molecule has 0 bridgehead atoms. The Labute approximate surface area is 101 Å². The number of ether oxygens (including phenoxy) is 1. The number of aromatic amines is 1. The quantitative estimate of drug-likeness (QED) is 0.343. The van der Waals surface area contributed by atoms with Crippen LogP contribution in [0.5, 0.6) is 0 Å². The van der Waals surface area contributed by atoms with Gasteiger partial charge in [-0.25, -0.2) is 4.79 Å². The maximum absolute atomic E-state index is 11.6. The third-order valence-electron chi connectivity index (χ3n) is 2.71. The summed E-state index contributed by atoms with van der Waals surface area (Å²) in [5.41, 5.74) is -1.10. The number of aromatic nitrogens is 2. The molecular weight excluding hydrogens is 242 g/mol. The second-order valence-corrected chi connectivity index (χ2v) is 3.88. The highest BCUT2D eigenvalue weighted by atomic mass is 16.5. The van der Waals surface area contributed by atoms with Gasteiger partial charge < -0.3 is 15.7 Å². The molecule has 98 valence electrons. The van der Waals surface area contributed by atoms with Crippen molar-refractivity contribution in [3.8, 4) is 0 Å². The van der Waals surface area contributed by atoms with Gasteiger partial charge in [0.05, 0.1) is 12.7 Å². The monoisotopic (exact) mass is 255 g/mol. The van der Waals surface area contributed by atoms with Crippen LogP contribution in [0.2, 0.25) is 0 Å². The topological polar surface area (TPSA) is 135 Å². The molecular formula is C9H13N5O4. The molecule has 1 aliphatic heterocycles. The number of hydrogen-bond acceptors (Lipinski definition) is 6. The molecule has 0 saturated carbocycles. The van der Waals surface area contributed by atoms with Gasteiger partial charge in [0.15, 0.2) is 6.23 Å². The zero-order valence-electron chi connectivity index (χ0n) is 9.39. The van der Waals surface area contributed by atoms with Gasteiger partial charge in [0.25, 0.3) is 5.56 Å². The molecule has 1 aliphatic rings. The fourth-order valence-electron chi connectivity index (χ4n) is 1.92. The van der Waals surface area contributed by atoms with Crippen LogP contribution in [-0.2, 0) is 4.74 Å². The van der Waals surface area contributed by atoms with Crippen molar-refractivity contribution in [3.05, 3.63) is 33.1 Å². The van der Waals surface area contributed by atoms with E-state index in [2.05, 4.69) is 15.3 Å². The van der Waals surface area contributed by atoms with Gasteiger partial charge in [-0.05, 0) is 0 Å². The zero-order chi connectivity index (χ0) is 13.1. The van der Waals surface area contributed by atoms with Gasteiger partial charge in [0.1, 0.15) is 6.04 Å². The third kappa shape index (κ3) is 2.31. The SMILES string of the molecule is NN=N[C@@H]1C[C@@H](CO)O[C@H]1n1ccc(=O)[nH]c1=O. The fraction of sp³-hybridized carbons (Fsp3) is 0.556. The van der Waals surface area contributed by atoms with Gasteiger partial charge in [-0.15, -0.1) is 0 Å². The molecule has 0 unspecified atom stereocenters. The highest BCUT2D eigenvalue weighted by molar-refractivity contribution is 4.91. The Morgan fingerprint density at radius 1 is 1.61 bits per heavy atom. The lowest BCUT2D eigenvalue weighted by atomic mass is 10.2. The van der Waals surface area contributed by atoms with E-state index in [1.54, 1.807) is 0 Å². The van der Waals surface area contributed by atoms with Gasteiger partial charge in [-0.3, -0.25) is 14.3 Å². The first-order valence-corrected chi connectivity index (χ1v) is 5.33. The molecule has 1 saturated heterocycles. The maximum Gasteiger partial charge on any atom is 0.330 e. The second kappa shape index (κ2) is 5.10. The first kappa shape index (κ1) is 12.5. The van der Waals surface area contributed by atoms with Crippen molar-refractivity contribution in [2.24, 2.45) is 16.2 Å². The Morgan fingerprint density at radius 2 is 2.39 bits per heavy atom. The molecule has 0 aromatic carbocycles. The number of nitrogens with one attached hydrogen (secondary N) is 1. The van der Waals surface area contributed by atoms with Crippen molar-refractivity contribution < 1.29 is 9.84 Å². The van der Waals surface area contributed by atoms with E-state index in [4.69, 9.17) is 15.7 Å². The Bertz CT molecular complexity index is 550. The predicted molar refractivity (Wildman–Crippen MR) is 59.8 cm³/mol. The molecule has 9 nitrogen and oxygen atoms in total. The van der Waals surface area contributed by atoms with E-state index in [-0.39, 0.29) is 6.61 Å². The number of nitrogens with two attached hydrogens (primary N) is 1. The second-order valence-electron chi connectivity index (χ2n) is 3.88. The molecule has 0 aliphatic carbocycles. The number of H-pyrrole nitrogens is 1. The highest BCUT2D eigenvalue weighted by Gasteiger charge is 2.37. The minimum atomic E-state index is -0.737. The minimum Gasteiger partial charge on any atom is -0.394 e. The molecule has 4 N–H and O–H groups in total. The molecule has 2 heterocycles. The normalized spacial score (nSPS) is 27.9. The summed E-state index contributed by atoms with van der Waals surface area (Å²) in [4.78, 5) is 24.7.